The third kappa shape index (κ3) is 3.27. The molecule has 1 amide bonds. The molecule has 0 bridgehead atoms. The lowest BCUT2D eigenvalue weighted by Gasteiger charge is -2.40. The van der Waals surface area contributed by atoms with Crippen LogP contribution in [0.25, 0.3) is 6.08 Å². The van der Waals surface area contributed by atoms with E-state index in [4.69, 9.17) is 4.74 Å². The van der Waals surface area contributed by atoms with E-state index < -0.39 is 5.60 Å². The summed E-state index contributed by atoms with van der Waals surface area (Å²) in [6.45, 7) is 8.34. The second-order valence-electron chi connectivity index (χ2n) is 7.55. The Balaban J connectivity index is 1.40. The molecule has 1 aromatic heterocycles. The normalized spacial score (nSPS) is 19.2. The first kappa shape index (κ1) is 17.3. The van der Waals surface area contributed by atoms with Crippen LogP contribution >= 0.6 is 15.9 Å². The number of rotatable bonds is 2. The Hall–Kier alpha value is -2.16. The fraction of sp³-hybridized carbons (Fsp3) is 0.529. The number of likely N-dealkylation sites (tertiary alicyclic amines) is 1. The van der Waals surface area contributed by atoms with E-state index in [-0.39, 0.29) is 12.1 Å². The summed E-state index contributed by atoms with van der Waals surface area (Å²) in [5.74, 6) is 2.35. The van der Waals surface area contributed by atoms with Gasteiger partial charge in [0.15, 0.2) is 0 Å². The lowest BCUT2D eigenvalue weighted by Crippen LogP contribution is -2.58. The second kappa shape index (κ2) is 6.22. The summed E-state index contributed by atoms with van der Waals surface area (Å²) < 4.78 is 6.33. The molecule has 9 heteroatoms. The first-order chi connectivity index (χ1) is 12.3. The minimum atomic E-state index is -0.478. The van der Waals surface area contributed by atoms with Gasteiger partial charge in [-0.1, -0.05) is 0 Å². The van der Waals surface area contributed by atoms with E-state index in [1.165, 1.54) is 0 Å². The van der Waals surface area contributed by atoms with E-state index in [0.717, 1.165) is 34.8 Å². The minimum absolute atomic E-state index is 0.123. The predicted octanol–water partition coefficient (Wildman–Crippen LogP) is 2.48. The van der Waals surface area contributed by atoms with Gasteiger partial charge >= 0.3 is 6.09 Å². The Morgan fingerprint density at radius 2 is 2.15 bits per heavy atom. The average Bonchev–Trinajstić information content (AvgIpc) is 2.99. The number of carbonyl (C=O) groups is 1. The van der Waals surface area contributed by atoms with Crippen LogP contribution in [-0.2, 0) is 4.74 Å². The van der Waals surface area contributed by atoms with Crippen molar-refractivity contribution in [1.82, 2.24) is 14.9 Å². The standard InChI is InChI=1S/C17H21BrN6O2/c1-17(2,3)26-16(25)23-8-11(9-23)21-15-20-7-10-6-12(18)14-19-4-5-24(14)13(10)22-15/h6-7,11H,4-5,8-9H2,1-3H3,(H,20,21,22). The molecule has 1 N–H and O–H groups in total. The number of amides is 1. The Bertz CT molecular complexity index is 810. The zero-order valence-corrected chi connectivity index (χ0v) is 16.6. The molecule has 0 spiro atoms. The summed E-state index contributed by atoms with van der Waals surface area (Å²) in [6, 6.07) is 0.123. The van der Waals surface area contributed by atoms with E-state index >= 15 is 0 Å². The number of amidine groups is 1. The van der Waals surface area contributed by atoms with Crippen LogP contribution in [0.2, 0.25) is 0 Å². The van der Waals surface area contributed by atoms with Crippen LogP contribution in [0.3, 0.4) is 0 Å². The zero-order chi connectivity index (χ0) is 18.5. The number of hydrogen-bond acceptors (Lipinski definition) is 7. The maximum Gasteiger partial charge on any atom is 0.410 e. The molecule has 8 nitrogen and oxygen atoms in total. The van der Waals surface area contributed by atoms with Crippen molar-refractivity contribution >= 4 is 45.7 Å². The molecule has 4 heterocycles. The van der Waals surface area contributed by atoms with E-state index in [2.05, 4.69) is 41.1 Å². The van der Waals surface area contributed by atoms with Gasteiger partial charge in [0.1, 0.15) is 17.3 Å². The van der Waals surface area contributed by atoms with Gasteiger partial charge in [0.05, 0.1) is 17.1 Å². The molecule has 0 radical (unpaired) electrons. The molecular formula is C17H21BrN6O2. The molecule has 0 saturated carbocycles. The molecule has 0 aromatic carbocycles. The van der Waals surface area contributed by atoms with Crippen LogP contribution in [0.15, 0.2) is 15.7 Å². The summed E-state index contributed by atoms with van der Waals surface area (Å²) in [6.07, 6.45) is 3.52. The maximum absolute atomic E-state index is 12.0. The number of anilines is 2. The smallest absolute Gasteiger partial charge is 0.410 e. The molecule has 138 valence electrons. The van der Waals surface area contributed by atoms with E-state index in [9.17, 15) is 4.79 Å². The summed E-state index contributed by atoms with van der Waals surface area (Å²) in [5.41, 5.74) is 0.487. The van der Waals surface area contributed by atoms with Crippen molar-refractivity contribution in [3.63, 3.8) is 0 Å². The number of aliphatic imine (C=N–C) groups is 1. The quantitative estimate of drug-likeness (QED) is 0.790. The van der Waals surface area contributed by atoms with Crippen LogP contribution in [0, 0.1) is 0 Å². The van der Waals surface area contributed by atoms with Crippen LogP contribution in [0.1, 0.15) is 26.3 Å². The highest BCUT2D eigenvalue weighted by Gasteiger charge is 2.34. The highest BCUT2D eigenvalue weighted by Crippen LogP contribution is 2.33. The third-order valence-corrected chi connectivity index (χ3v) is 4.84. The zero-order valence-electron chi connectivity index (χ0n) is 15.0. The number of fused-ring (bicyclic) bond motifs is 3. The number of halogens is 1. The van der Waals surface area contributed by atoms with Gasteiger partial charge in [-0.25, -0.2) is 9.78 Å². The van der Waals surface area contributed by atoms with Gasteiger partial charge in [0, 0.05) is 31.4 Å². The molecule has 0 unspecified atom stereocenters. The largest absolute Gasteiger partial charge is 0.444 e. The molecule has 4 rings (SSSR count). The maximum atomic E-state index is 12.0. The summed E-state index contributed by atoms with van der Waals surface area (Å²) in [5, 5.41) is 3.30. The highest BCUT2D eigenvalue weighted by molar-refractivity contribution is 9.12. The lowest BCUT2D eigenvalue weighted by molar-refractivity contribution is 0.0104. The van der Waals surface area contributed by atoms with E-state index in [0.29, 0.717) is 19.0 Å². The third-order valence-electron chi connectivity index (χ3n) is 4.25. The molecule has 1 fully saturated rings. The molecular weight excluding hydrogens is 400 g/mol. The summed E-state index contributed by atoms with van der Waals surface area (Å²) in [7, 11) is 0. The van der Waals surface area contributed by atoms with Crippen LogP contribution in [0.5, 0.6) is 0 Å². The van der Waals surface area contributed by atoms with E-state index in [1.807, 2.05) is 33.0 Å². The Morgan fingerprint density at radius 3 is 2.88 bits per heavy atom. The fourth-order valence-electron chi connectivity index (χ4n) is 3.06. The van der Waals surface area contributed by atoms with Gasteiger partial charge in [-0.2, -0.15) is 4.98 Å². The van der Waals surface area contributed by atoms with Gasteiger partial charge in [-0.3, -0.25) is 4.99 Å². The van der Waals surface area contributed by atoms with Crippen molar-refractivity contribution in [2.45, 2.75) is 32.4 Å². The second-order valence-corrected chi connectivity index (χ2v) is 8.40. The Labute approximate surface area is 160 Å². The Morgan fingerprint density at radius 1 is 1.38 bits per heavy atom. The SMILES string of the molecule is CC(C)(C)OC(=O)N1CC(Nc2ncc3c(n2)N2CCN=C2C(Br)=C3)C1. The van der Waals surface area contributed by atoms with Crippen molar-refractivity contribution < 1.29 is 9.53 Å². The first-order valence-electron chi connectivity index (χ1n) is 8.61. The topological polar surface area (TPSA) is 82.9 Å². The Kier molecular flexibility index (Phi) is 4.13. The minimum Gasteiger partial charge on any atom is -0.444 e. The average molecular weight is 421 g/mol. The number of aromatic nitrogens is 2. The fourth-order valence-corrected chi connectivity index (χ4v) is 3.64. The van der Waals surface area contributed by atoms with Crippen molar-refractivity contribution in [3.05, 3.63) is 16.2 Å². The van der Waals surface area contributed by atoms with Crippen LogP contribution in [-0.4, -0.2) is 64.6 Å². The monoisotopic (exact) mass is 420 g/mol. The molecule has 3 aliphatic rings. The first-order valence-corrected chi connectivity index (χ1v) is 9.40. The van der Waals surface area contributed by atoms with Gasteiger partial charge in [-0.15, -0.1) is 0 Å². The van der Waals surface area contributed by atoms with Crippen molar-refractivity contribution in [3.8, 4) is 0 Å². The molecule has 26 heavy (non-hydrogen) atoms. The number of nitrogens with zero attached hydrogens (tertiary/aromatic N) is 5. The number of nitrogens with one attached hydrogen (secondary N) is 1. The molecule has 0 atom stereocenters. The van der Waals surface area contributed by atoms with Crippen LogP contribution in [0.4, 0.5) is 16.6 Å². The number of ether oxygens (including phenoxy) is 1. The molecule has 1 saturated heterocycles. The van der Waals surface area contributed by atoms with Gasteiger partial charge in [0.2, 0.25) is 5.95 Å². The van der Waals surface area contributed by atoms with Crippen LogP contribution < -0.4 is 10.2 Å². The highest BCUT2D eigenvalue weighted by atomic mass is 79.9. The lowest BCUT2D eigenvalue weighted by atomic mass is 10.1. The van der Waals surface area contributed by atoms with Crippen molar-refractivity contribution in [1.29, 1.82) is 0 Å². The summed E-state index contributed by atoms with van der Waals surface area (Å²) >= 11 is 3.55. The van der Waals surface area contributed by atoms with Gasteiger partial charge < -0.3 is 19.9 Å². The van der Waals surface area contributed by atoms with E-state index in [1.54, 1.807) is 4.90 Å². The molecule has 3 aliphatic heterocycles. The van der Waals surface area contributed by atoms with Gasteiger partial charge in [0.25, 0.3) is 0 Å². The predicted molar refractivity (Wildman–Crippen MR) is 104 cm³/mol. The molecule has 1 aromatic rings. The number of carbonyl (C=O) groups excluding carboxylic acids is 1. The molecule has 0 aliphatic carbocycles. The van der Waals surface area contributed by atoms with Gasteiger partial charge in [-0.05, 0) is 42.8 Å². The van der Waals surface area contributed by atoms with Crippen molar-refractivity contribution in [2.75, 3.05) is 36.4 Å². The van der Waals surface area contributed by atoms with Crippen molar-refractivity contribution in [2.24, 2.45) is 4.99 Å². The number of hydrogen-bond donors (Lipinski definition) is 1. The summed E-state index contributed by atoms with van der Waals surface area (Å²) in [4.78, 5) is 29.3.